The minimum absolute atomic E-state index is 0.171. The molecule has 0 saturated carbocycles. The number of hydrogen-bond donors (Lipinski definition) is 0. The van der Waals surface area contributed by atoms with Crippen LogP contribution in [0.15, 0.2) is 88.7 Å². The average Bonchev–Trinajstić information content (AvgIpc) is 2.91. The summed E-state index contributed by atoms with van der Waals surface area (Å²) in [6, 6.07) is 24.1. The first kappa shape index (κ1) is 29.5. The molecule has 0 bridgehead atoms. The molecule has 0 N–H and O–H groups in total. The van der Waals surface area contributed by atoms with Crippen LogP contribution in [0.3, 0.4) is 0 Å². The Bertz CT molecular complexity index is 1410. The van der Waals surface area contributed by atoms with E-state index in [0.29, 0.717) is 24.3 Å². The highest BCUT2D eigenvalue weighted by Gasteiger charge is 2.31. The number of sulfone groups is 1. The van der Waals surface area contributed by atoms with Gasteiger partial charge >= 0.3 is 0 Å². The third kappa shape index (κ3) is 7.78. The van der Waals surface area contributed by atoms with Crippen LogP contribution >= 0.6 is 0 Å². The largest absolute Gasteiger partial charge is 0.299 e. The van der Waals surface area contributed by atoms with Gasteiger partial charge in [-0.15, -0.1) is 0 Å². The second-order valence-electron chi connectivity index (χ2n) is 10.6. The van der Waals surface area contributed by atoms with Gasteiger partial charge < -0.3 is 0 Å². The average molecular weight is 569 g/mol. The summed E-state index contributed by atoms with van der Waals surface area (Å²) in [5.41, 5.74) is 3.21. The molecule has 0 amide bonds. The Morgan fingerprint density at radius 3 is 1.87 bits per heavy atom. The van der Waals surface area contributed by atoms with Crippen LogP contribution in [0.1, 0.15) is 48.8 Å². The molecule has 210 valence electrons. The second kappa shape index (κ2) is 13.2. The Kier molecular flexibility index (Phi) is 9.99. The number of benzene rings is 3. The van der Waals surface area contributed by atoms with E-state index in [1.807, 2.05) is 44.2 Å². The topological polar surface area (TPSA) is 74.8 Å². The van der Waals surface area contributed by atoms with Crippen molar-refractivity contribution in [3.05, 3.63) is 95.6 Å². The second-order valence-corrected chi connectivity index (χ2v) is 14.8. The first-order chi connectivity index (χ1) is 18.7. The Balaban J connectivity index is 1.60. The highest BCUT2D eigenvalue weighted by atomic mass is 32.2. The standard InChI is InChI=1S/C31H40N2O4S2/c1-26-12-16-30(17-13-26)38(34,35)29-11-6-7-21-32(25-28-9-4-3-5-10-28)22-8-23-33(24-20-29)39(36,37)31-18-14-27(2)15-19-31/h3-5,9-10,12-19,29H,6-8,11,20-25H2,1-2H3. The molecule has 3 aromatic rings. The lowest BCUT2D eigenvalue weighted by Crippen LogP contribution is -2.38. The summed E-state index contributed by atoms with van der Waals surface area (Å²) < 4.78 is 56.3. The molecule has 39 heavy (non-hydrogen) atoms. The van der Waals surface area contributed by atoms with Crippen molar-refractivity contribution in [2.75, 3.05) is 26.2 Å². The van der Waals surface area contributed by atoms with Crippen molar-refractivity contribution in [3.63, 3.8) is 0 Å². The molecule has 1 aliphatic rings. The van der Waals surface area contributed by atoms with Crippen LogP contribution in [0.2, 0.25) is 0 Å². The van der Waals surface area contributed by atoms with E-state index < -0.39 is 25.1 Å². The fourth-order valence-corrected chi connectivity index (χ4v) is 8.45. The zero-order valence-electron chi connectivity index (χ0n) is 23.0. The lowest BCUT2D eigenvalue weighted by atomic mass is 10.1. The third-order valence-corrected chi connectivity index (χ3v) is 11.7. The fourth-order valence-electron chi connectivity index (χ4n) is 5.16. The monoisotopic (exact) mass is 568 g/mol. The lowest BCUT2D eigenvalue weighted by molar-refractivity contribution is 0.241. The van der Waals surface area contributed by atoms with Crippen molar-refractivity contribution in [2.45, 2.75) is 67.5 Å². The summed E-state index contributed by atoms with van der Waals surface area (Å²) in [4.78, 5) is 2.92. The highest BCUT2D eigenvalue weighted by molar-refractivity contribution is 7.92. The Labute approximate surface area is 234 Å². The van der Waals surface area contributed by atoms with Crippen molar-refractivity contribution in [2.24, 2.45) is 0 Å². The molecule has 0 spiro atoms. The van der Waals surface area contributed by atoms with E-state index in [1.54, 1.807) is 36.4 Å². The van der Waals surface area contributed by atoms with Crippen LogP contribution in [0.25, 0.3) is 0 Å². The number of hydrogen-bond acceptors (Lipinski definition) is 5. The molecule has 6 nitrogen and oxygen atoms in total. The molecule has 1 heterocycles. The van der Waals surface area contributed by atoms with E-state index in [0.717, 1.165) is 43.6 Å². The van der Waals surface area contributed by atoms with Crippen molar-refractivity contribution in [1.82, 2.24) is 9.21 Å². The molecular formula is C31H40N2O4S2. The lowest BCUT2D eigenvalue weighted by Gasteiger charge is -2.29. The predicted molar refractivity (Wildman–Crippen MR) is 157 cm³/mol. The predicted octanol–water partition coefficient (Wildman–Crippen LogP) is 5.60. The van der Waals surface area contributed by atoms with Gasteiger partial charge in [0.15, 0.2) is 9.84 Å². The van der Waals surface area contributed by atoms with Crippen LogP contribution in [0.4, 0.5) is 0 Å². The van der Waals surface area contributed by atoms with E-state index in [2.05, 4.69) is 17.0 Å². The maximum atomic E-state index is 13.7. The van der Waals surface area contributed by atoms with Gasteiger partial charge in [0.25, 0.3) is 0 Å². The van der Waals surface area contributed by atoms with Gasteiger partial charge in [-0.25, -0.2) is 16.8 Å². The van der Waals surface area contributed by atoms with E-state index in [1.165, 1.54) is 9.87 Å². The molecule has 1 fully saturated rings. The van der Waals surface area contributed by atoms with Crippen molar-refractivity contribution in [3.8, 4) is 0 Å². The maximum Gasteiger partial charge on any atom is 0.243 e. The third-order valence-electron chi connectivity index (χ3n) is 7.53. The van der Waals surface area contributed by atoms with Gasteiger partial charge in [0, 0.05) is 19.6 Å². The molecule has 1 saturated heterocycles. The minimum Gasteiger partial charge on any atom is -0.299 e. The first-order valence-electron chi connectivity index (χ1n) is 13.8. The van der Waals surface area contributed by atoms with Crippen LogP contribution in [0.5, 0.6) is 0 Å². The van der Waals surface area contributed by atoms with Crippen LogP contribution in [-0.2, 0) is 26.4 Å². The quantitative estimate of drug-likeness (QED) is 0.387. The normalized spacial score (nSPS) is 19.2. The zero-order chi connectivity index (χ0) is 27.9. The van der Waals surface area contributed by atoms with Crippen LogP contribution in [0, 0.1) is 13.8 Å². The van der Waals surface area contributed by atoms with Crippen LogP contribution < -0.4 is 0 Å². The Hall–Kier alpha value is -2.52. The SMILES string of the molecule is Cc1ccc(S(=O)(=O)C2CCCCN(Cc3ccccc3)CCCN(S(=O)(=O)c3ccc(C)cc3)CC2)cc1. The first-order valence-corrected chi connectivity index (χ1v) is 16.8. The van der Waals surface area contributed by atoms with Crippen molar-refractivity contribution in [1.29, 1.82) is 0 Å². The molecule has 8 heteroatoms. The molecule has 0 aliphatic carbocycles. The highest BCUT2D eigenvalue weighted by Crippen LogP contribution is 2.26. The summed E-state index contributed by atoms with van der Waals surface area (Å²) in [6.07, 6.45) is 3.13. The summed E-state index contributed by atoms with van der Waals surface area (Å²) >= 11 is 0. The van der Waals surface area contributed by atoms with Crippen molar-refractivity contribution < 1.29 is 16.8 Å². The maximum absolute atomic E-state index is 13.7. The Morgan fingerprint density at radius 1 is 0.641 bits per heavy atom. The molecule has 0 radical (unpaired) electrons. The molecule has 1 atom stereocenters. The number of nitrogens with zero attached hydrogens (tertiary/aromatic N) is 2. The van der Waals surface area contributed by atoms with Crippen LogP contribution in [-0.4, -0.2) is 57.5 Å². The molecule has 3 aromatic carbocycles. The molecule has 0 aromatic heterocycles. The van der Waals surface area contributed by atoms with Gasteiger partial charge in [0.2, 0.25) is 10.0 Å². The number of sulfonamides is 1. The van der Waals surface area contributed by atoms with Gasteiger partial charge in [0.1, 0.15) is 0 Å². The van der Waals surface area contributed by atoms with Gasteiger partial charge in [-0.2, -0.15) is 4.31 Å². The summed E-state index contributed by atoms with van der Waals surface area (Å²) in [5, 5.41) is -0.641. The van der Waals surface area contributed by atoms with Gasteiger partial charge in [-0.1, -0.05) is 72.1 Å². The fraction of sp³-hybridized carbons (Fsp3) is 0.419. The number of rotatable bonds is 6. The summed E-state index contributed by atoms with van der Waals surface area (Å²) in [5.74, 6) is 0. The molecule has 4 rings (SSSR count). The minimum atomic E-state index is -3.76. The molecular weight excluding hydrogens is 528 g/mol. The van der Waals surface area contributed by atoms with E-state index in [-0.39, 0.29) is 17.9 Å². The van der Waals surface area contributed by atoms with Crippen molar-refractivity contribution >= 4 is 19.9 Å². The van der Waals surface area contributed by atoms with E-state index >= 15 is 0 Å². The molecule has 1 aliphatic heterocycles. The smallest absolute Gasteiger partial charge is 0.243 e. The molecule has 1 unspecified atom stereocenters. The zero-order valence-corrected chi connectivity index (χ0v) is 24.6. The number of aryl methyl sites for hydroxylation is 2. The van der Waals surface area contributed by atoms with E-state index in [4.69, 9.17) is 0 Å². The van der Waals surface area contributed by atoms with Gasteiger partial charge in [-0.05, 0) is 82.4 Å². The summed E-state index contributed by atoms with van der Waals surface area (Å²) in [7, 11) is -7.37. The van der Waals surface area contributed by atoms with Gasteiger partial charge in [-0.3, -0.25) is 4.90 Å². The van der Waals surface area contributed by atoms with E-state index in [9.17, 15) is 16.8 Å². The summed E-state index contributed by atoms with van der Waals surface area (Å²) in [6.45, 7) is 6.78. The Morgan fingerprint density at radius 2 is 1.23 bits per heavy atom. The van der Waals surface area contributed by atoms with Gasteiger partial charge in [0.05, 0.1) is 15.0 Å².